The molecule has 0 bridgehead atoms. The Morgan fingerprint density at radius 1 is 1.04 bits per heavy atom. The molecule has 0 aliphatic carbocycles. The number of primary amides is 1. The van der Waals surface area contributed by atoms with E-state index in [1.54, 1.807) is 38.1 Å². The maximum atomic E-state index is 12.1. The number of rotatable bonds is 6. The van der Waals surface area contributed by atoms with Crippen LogP contribution in [0.5, 0.6) is 5.75 Å². The van der Waals surface area contributed by atoms with E-state index < -0.39 is 24.0 Å². The molecule has 0 radical (unpaired) electrons. The van der Waals surface area contributed by atoms with Gasteiger partial charge in [-0.1, -0.05) is 13.8 Å². The number of carbonyl (C=O) groups is 3. The van der Waals surface area contributed by atoms with Crippen LogP contribution in [0.1, 0.15) is 38.1 Å². The highest BCUT2D eigenvalue weighted by Gasteiger charge is 2.27. The molecule has 23 heavy (non-hydrogen) atoms. The van der Waals surface area contributed by atoms with Crippen LogP contribution in [0.15, 0.2) is 24.3 Å². The van der Waals surface area contributed by atoms with Crippen LogP contribution in [-0.4, -0.2) is 30.1 Å². The van der Waals surface area contributed by atoms with Crippen molar-refractivity contribution in [3.05, 3.63) is 29.8 Å². The van der Waals surface area contributed by atoms with Gasteiger partial charge in [0, 0.05) is 0 Å². The van der Waals surface area contributed by atoms with Gasteiger partial charge >= 0.3 is 12.0 Å². The SMILES string of the molecule is CC(C)Oc1ccc(C(=O)O[C@H](C(=O)NC(N)=O)C(C)C)cc1. The molecule has 0 aliphatic rings. The zero-order valence-electron chi connectivity index (χ0n) is 13.7. The Hall–Kier alpha value is -2.57. The third kappa shape index (κ3) is 5.98. The minimum absolute atomic E-state index is 0.0237. The topological polar surface area (TPSA) is 108 Å². The summed E-state index contributed by atoms with van der Waals surface area (Å²) in [4.78, 5) is 34.7. The predicted octanol–water partition coefficient (Wildman–Crippen LogP) is 1.85. The number of esters is 1. The Bertz CT molecular complexity index is 566. The van der Waals surface area contributed by atoms with Gasteiger partial charge in [-0.05, 0) is 44.0 Å². The first kappa shape index (κ1) is 18.5. The van der Waals surface area contributed by atoms with Gasteiger partial charge in [0.25, 0.3) is 5.91 Å². The molecule has 0 unspecified atom stereocenters. The number of hydrogen-bond acceptors (Lipinski definition) is 5. The molecule has 7 heteroatoms. The molecule has 3 N–H and O–H groups in total. The number of nitrogens with one attached hydrogen (secondary N) is 1. The van der Waals surface area contributed by atoms with E-state index in [9.17, 15) is 14.4 Å². The van der Waals surface area contributed by atoms with E-state index in [2.05, 4.69) is 0 Å². The van der Waals surface area contributed by atoms with Crippen LogP contribution in [0.4, 0.5) is 4.79 Å². The number of hydrogen-bond donors (Lipinski definition) is 2. The Labute approximate surface area is 135 Å². The van der Waals surface area contributed by atoms with Gasteiger partial charge in [0.1, 0.15) is 5.75 Å². The molecule has 0 fully saturated rings. The number of urea groups is 1. The van der Waals surface area contributed by atoms with Gasteiger partial charge in [0.2, 0.25) is 0 Å². The van der Waals surface area contributed by atoms with Gasteiger partial charge in [-0.2, -0.15) is 0 Å². The lowest BCUT2D eigenvalue weighted by Gasteiger charge is -2.20. The molecule has 0 saturated heterocycles. The lowest BCUT2D eigenvalue weighted by molar-refractivity contribution is -0.130. The molecule has 0 saturated carbocycles. The fourth-order valence-corrected chi connectivity index (χ4v) is 1.81. The van der Waals surface area contributed by atoms with Crippen molar-refractivity contribution >= 4 is 17.9 Å². The Balaban J connectivity index is 2.78. The van der Waals surface area contributed by atoms with Crippen LogP contribution in [0, 0.1) is 5.92 Å². The van der Waals surface area contributed by atoms with Crippen molar-refractivity contribution in [2.24, 2.45) is 11.7 Å². The molecule has 3 amide bonds. The van der Waals surface area contributed by atoms with Gasteiger partial charge in [-0.25, -0.2) is 9.59 Å². The van der Waals surface area contributed by atoms with Crippen molar-refractivity contribution in [2.45, 2.75) is 39.9 Å². The van der Waals surface area contributed by atoms with Crippen LogP contribution in [-0.2, 0) is 9.53 Å². The molecule has 0 aliphatic heterocycles. The van der Waals surface area contributed by atoms with Crippen LogP contribution >= 0.6 is 0 Å². The summed E-state index contributed by atoms with van der Waals surface area (Å²) < 4.78 is 10.7. The molecule has 7 nitrogen and oxygen atoms in total. The largest absolute Gasteiger partial charge is 0.491 e. The quantitative estimate of drug-likeness (QED) is 0.777. The summed E-state index contributed by atoms with van der Waals surface area (Å²) in [5.41, 5.74) is 5.18. The fourth-order valence-electron chi connectivity index (χ4n) is 1.81. The molecule has 126 valence electrons. The second-order valence-corrected chi connectivity index (χ2v) is 5.61. The second kappa shape index (κ2) is 8.17. The molecule has 1 aromatic rings. The molecule has 1 rings (SSSR count). The highest BCUT2D eigenvalue weighted by Crippen LogP contribution is 2.16. The molecular formula is C16H22N2O5. The number of imide groups is 1. The Morgan fingerprint density at radius 2 is 1.61 bits per heavy atom. The van der Waals surface area contributed by atoms with Crippen molar-refractivity contribution in [3.8, 4) is 5.75 Å². The normalized spacial score (nSPS) is 11.9. The average Bonchev–Trinajstić information content (AvgIpc) is 2.43. The number of nitrogens with two attached hydrogens (primary N) is 1. The first-order valence-electron chi connectivity index (χ1n) is 7.28. The van der Waals surface area contributed by atoms with Crippen LogP contribution in [0.2, 0.25) is 0 Å². The zero-order valence-corrected chi connectivity index (χ0v) is 13.7. The average molecular weight is 322 g/mol. The van der Waals surface area contributed by atoms with Crippen molar-refractivity contribution in [2.75, 3.05) is 0 Å². The second-order valence-electron chi connectivity index (χ2n) is 5.61. The summed E-state index contributed by atoms with van der Waals surface area (Å²) in [5.74, 6) is -1.11. The van der Waals surface area contributed by atoms with Gasteiger partial charge in [-0.3, -0.25) is 10.1 Å². The summed E-state index contributed by atoms with van der Waals surface area (Å²) in [6, 6.07) is 5.38. The van der Waals surface area contributed by atoms with E-state index in [1.165, 1.54) is 0 Å². The molecule has 0 aromatic heterocycles. The van der Waals surface area contributed by atoms with E-state index in [-0.39, 0.29) is 17.6 Å². The summed E-state index contributed by atoms with van der Waals surface area (Å²) in [5, 5.41) is 1.91. The van der Waals surface area contributed by atoms with Gasteiger partial charge in [0.05, 0.1) is 11.7 Å². The monoisotopic (exact) mass is 322 g/mol. The highest BCUT2D eigenvalue weighted by atomic mass is 16.5. The zero-order chi connectivity index (χ0) is 17.6. The summed E-state index contributed by atoms with van der Waals surface area (Å²) in [7, 11) is 0. The minimum Gasteiger partial charge on any atom is -0.491 e. The lowest BCUT2D eigenvalue weighted by atomic mass is 10.1. The van der Waals surface area contributed by atoms with Crippen molar-refractivity contribution < 1.29 is 23.9 Å². The summed E-state index contributed by atoms with van der Waals surface area (Å²) >= 11 is 0. The Kier molecular flexibility index (Phi) is 6.56. The predicted molar refractivity (Wildman–Crippen MR) is 84.0 cm³/mol. The lowest BCUT2D eigenvalue weighted by Crippen LogP contribution is -2.45. The van der Waals surface area contributed by atoms with E-state index in [0.29, 0.717) is 5.75 Å². The van der Waals surface area contributed by atoms with E-state index in [0.717, 1.165) is 0 Å². The first-order valence-corrected chi connectivity index (χ1v) is 7.28. The van der Waals surface area contributed by atoms with Crippen LogP contribution in [0.3, 0.4) is 0 Å². The number of benzene rings is 1. The third-order valence-electron chi connectivity index (χ3n) is 2.81. The van der Waals surface area contributed by atoms with E-state index in [1.807, 2.05) is 19.2 Å². The summed E-state index contributed by atoms with van der Waals surface area (Å²) in [6.07, 6.45) is -1.09. The number of amides is 3. The molecule has 1 atom stereocenters. The van der Waals surface area contributed by atoms with Crippen LogP contribution < -0.4 is 15.8 Å². The highest BCUT2D eigenvalue weighted by molar-refractivity contribution is 5.98. The first-order chi connectivity index (χ1) is 10.7. The maximum Gasteiger partial charge on any atom is 0.338 e. The molecule has 1 aromatic carbocycles. The van der Waals surface area contributed by atoms with Crippen molar-refractivity contribution in [3.63, 3.8) is 0 Å². The molecular weight excluding hydrogens is 300 g/mol. The minimum atomic E-state index is -1.11. The molecule has 0 spiro atoms. The maximum absolute atomic E-state index is 12.1. The van der Waals surface area contributed by atoms with Crippen molar-refractivity contribution in [1.29, 1.82) is 0 Å². The van der Waals surface area contributed by atoms with Crippen LogP contribution in [0.25, 0.3) is 0 Å². The van der Waals surface area contributed by atoms with Gasteiger partial charge in [0.15, 0.2) is 6.10 Å². The van der Waals surface area contributed by atoms with Gasteiger partial charge in [-0.15, -0.1) is 0 Å². The fraction of sp³-hybridized carbons (Fsp3) is 0.438. The summed E-state index contributed by atoms with van der Waals surface area (Å²) in [6.45, 7) is 7.18. The van der Waals surface area contributed by atoms with E-state index in [4.69, 9.17) is 15.2 Å². The standard InChI is InChI=1S/C16H22N2O5/c1-9(2)13(14(19)18-16(17)21)23-15(20)11-5-7-12(8-6-11)22-10(3)4/h5-10,13H,1-4H3,(H3,17,18,19,21)/t13-/m0/s1. The number of ether oxygens (including phenoxy) is 2. The third-order valence-corrected chi connectivity index (χ3v) is 2.81. The molecule has 0 heterocycles. The smallest absolute Gasteiger partial charge is 0.338 e. The Morgan fingerprint density at radius 3 is 2.04 bits per heavy atom. The van der Waals surface area contributed by atoms with Gasteiger partial charge < -0.3 is 15.2 Å². The number of carbonyl (C=O) groups excluding carboxylic acids is 3. The van der Waals surface area contributed by atoms with E-state index >= 15 is 0 Å². The van der Waals surface area contributed by atoms with Crippen molar-refractivity contribution in [1.82, 2.24) is 5.32 Å².